The molecule has 2 rings (SSSR count). The number of hydrogen-bond acceptors (Lipinski definition) is 2. The lowest BCUT2D eigenvalue weighted by Crippen LogP contribution is -2.03. The smallest absolute Gasteiger partial charge is 0.127 e. The van der Waals surface area contributed by atoms with Gasteiger partial charge in [-0.15, -0.1) is 11.3 Å². The third kappa shape index (κ3) is 2.99. The maximum absolute atomic E-state index is 13.7. The van der Waals surface area contributed by atoms with Gasteiger partial charge in [0.25, 0.3) is 0 Å². The Morgan fingerprint density at radius 2 is 2.06 bits per heavy atom. The van der Waals surface area contributed by atoms with Crippen molar-refractivity contribution in [2.45, 2.75) is 26.4 Å². The van der Waals surface area contributed by atoms with E-state index in [1.54, 1.807) is 23.5 Å². The Kier molecular flexibility index (Phi) is 4.20. The summed E-state index contributed by atoms with van der Waals surface area (Å²) < 4.78 is 14.4. The number of thiophene rings is 1. The van der Waals surface area contributed by atoms with Crippen LogP contribution in [0, 0.1) is 19.7 Å². The van der Waals surface area contributed by atoms with E-state index in [1.807, 2.05) is 19.9 Å². The van der Waals surface area contributed by atoms with Crippen molar-refractivity contribution >= 4 is 27.3 Å². The molecule has 18 heavy (non-hydrogen) atoms. The van der Waals surface area contributed by atoms with Gasteiger partial charge in [0, 0.05) is 20.6 Å². The third-order valence-electron chi connectivity index (χ3n) is 2.87. The number of benzene rings is 1. The molecule has 1 heterocycles. The lowest BCUT2D eigenvalue weighted by molar-refractivity contribution is 0.177. The molecule has 0 aliphatic carbocycles. The quantitative estimate of drug-likeness (QED) is 0.876. The van der Waals surface area contributed by atoms with Crippen molar-refractivity contribution in [2.24, 2.45) is 0 Å². The lowest BCUT2D eigenvalue weighted by atomic mass is 10.0. The molecule has 0 saturated carbocycles. The number of aliphatic hydroxyl groups excluding tert-OH is 1. The van der Waals surface area contributed by atoms with Gasteiger partial charge >= 0.3 is 0 Å². The van der Waals surface area contributed by atoms with Crippen LogP contribution in [0.1, 0.15) is 27.0 Å². The number of aryl methyl sites for hydroxylation is 2. The molecule has 0 aliphatic heterocycles. The van der Waals surface area contributed by atoms with Crippen molar-refractivity contribution in [3.63, 3.8) is 0 Å². The first kappa shape index (κ1) is 13.7. The minimum Gasteiger partial charge on any atom is -0.388 e. The zero-order valence-electron chi connectivity index (χ0n) is 10.2. The van der Waals surface area contributed by atoms with Gasteiger partial charge in [-0.05, 0) is 43.2 Å². The number of aliphatic hydroxyl groups is 1. The van der Waals surface area contributed by atoms with Gasteiger partial charge in [0.2, 0.25) is 0 Å². The maximum atomic E-state index is 13.7. The van der Waals surface area contributed by atoms with Crippen LogP contribution in [0.3, 0.4) is 0 Å². The van der Waals surface area contributed by atoms with Crippen molar-refractivity contribution in [1.82, 2.24) is 0 Å². The molecule has 0 radical (unpaired) electrons. The van der Waals surface area contributed by atoms with Gasteiger partial charge in [0.1, 0.15) is 5.82 Å². The zero-order valence-corrected chi connectivity index (χ0v) is 12.6. The lowest BCUT2D eigenvalue weighted by Gasteiger charge is -2.11. The Balaban J connectivity index is 2.21. The fourth-order valence-electron chi connectivity index (χ4n) is 1.99. The molecule has 0 saturated heterocycles. The SMILES string of the molecule is Cc1cc(C(O)Cc2ccc(Br)cc2F)c(C)s1. The Bertz CT molecular complexity index is 565. The van der Waals surface area contributed by atoms with Gasteiger partial charge in [0.05, 0.1) is 6.10 Å². The first-order chi connectivity index (χ1) is 8.47. The summed E-state index contributed by atoms with van der Waals surface area (Å²) in [6.07, 6.45) is -0.346. The van der Waals surface area contributed by atoms with E-state index in [0.717, 1.165) is 15.3 Å². The zero-order chi connectivity index (χ0) is 13.3. The molecule has 1 unspecified atom stereocenters. The van der Waals surface area contributed by atoms with Gasteiger partial charge in [-0.2, -0.15) is 0 Å². The predicted molar refractivity (Wildman–Crippen MR) is 76.6 cm³/mol. The van der Waals surface area contributed by atoms with Crippen LogP contribution in [0.25, 0.3) is 0 Å². The third-order valence-corrected chi connectivity index (χ3v) is 4.34. The highest BCUT2D eigenvalue weighted by Crippen LogP contribution is 2.29. The molecule has 1 aromatic heterocycles. The predicted octanol–water partition coefficient (Wildman–Crippen LogP) is 4.54. The second-order valence-corrected chi connectivity index (χ2v) is 6.70. The molecule has 0 aliphatic rings. The number of rotatable bonds is 3. The highest BCUT2D eigenvalue weighted by molar-refractivity contribution is 9.10. The summed E-state index contributed by atoms with van der Waals surface area (Å²) in [5, 5.41) is 10.2. The largest absolute Gasteiger partial charge is 0.388 e. The number of halogens is 2. The van der Waals surface area contributed by atoms with Crippen molar-refractivity contribution in [3.8, 4) is 0 Å². The molecule has 1 aromatic carbocycles. The highest BCUT2D eigenvalue weighted by atomic mass is 79.9. The van der Waals surface area contributed by atoms with Gasteiger partial charge < -0.3 is 5.11 Å². The maximum Gasteiger partial charge on any atom is 0.127 e. The van der Waals surface area contributed by atoms with E-state index in [2.05, 4.69) is 15.9 Å². The minimum absolute atomic E-state index is 0.284. The molecular formula is C14H14BrFOS. The second kappa shape index (κ2) is 5.51. The van der Waals surface area contributed by atoms with Crippen LogP contribution in [0.5, 0.6) is 0 Å². The summed E-state index contributed by atoms with van der Waals surface area (Å²) in [6, 6.07) is 6.89. The van der Waals surface area contributed by atoms with Crippen LogP contribution in [-0.2, 0) is 6.42 Å². The van der Waals surface area contributed by atoms with Crippen LogP contribution >= 0.6 is 27.3 Å². The minimum atomic E-state index is -0.648. The Morgan fingerprint density at radius 1 is 1.33 bits per heavy atom. The van der Waals surface area contributed by atoms with Crippen molar-refractivity contribution in [1.29, 1.82) is 0 Å². The topological polar surface area (TPSA) is 20.2 Å². The van der Waals surface area contributed by atoms with Crippen molar-refractivity contribution in [2.75, 3.05) is 0 Å². The molecule has 4 heteroatoms. The van der Waals surface area contributed by atoms with E-state index in [4.69, 9.17) is 0 Å². The Hall–Kier alpha value is -0.710. The van der Waals surface area contributed by atoms with Crippen LogP contribution in [0.15, 0.2) is 28.7 Å². The van der Waals surface area contributed by atoms with Gasteiger partial charge in [0.15, 0.2) is 0 Å². The van der Waals surface area contributed by atoms with E-state index < -0.39 is 6.10 Å². The summed E-state index contributed by atoms with van der Waals surface area (Å²) in [5.74, 6) is -0.284. The summed E-state index contributed by atoms with van der Waals surface area (Å²) >= 11 is 4.88. The molecule has 2 aromatic rings. The highest BCUT2D eigenvalue weighted by Gasteiger charge is 2.15. The monoisotopic (exact) mass is 328 g/mol. The van der Waals surface area contributed by atoms with E-state index in [9.17, 15) is 9.50 Å². The van der Waals surface area contributed by atoms with Gasteiger partial charge in [-0.1, -0.05) is 22.0 Å². The van der Waals surface area contributed by atoms with Crippen molar-refractivity contribution in [3.05, 3.63) is 55.4 Å². The van der Waals surface area contributed by atoms with E-state index in [1.165, 1.54) is 6.07 Å². The van der Waals surface area contributed by atoms with E-state index in [0.29, 0.717) is 16.5 Å². The molecule has 96 valence electrons. The fourth-order valence-corrected chi connectivity index (χ4v) is 3.30. The van der Waals surface area contributed by atoms with Gasteiger partial charge in [-0.3, -0.25) is 0 Å². The molecule has 1 atom stereocenters. The van der Waals surface area contributed by atoms with Crippen LogP contribution in [0.4, 0.5) is 4.39 Å². The average molecular weight is 329 g/mol. The molecule has 0 amide bonds. The second-order valence-electron chi connectivity index (χ2n) is 4.32. The molecule has 0 fully saturated rings. The summed E-state index contributed by atoms with van der Waals surface area (Å²) in [7, 11) is 0. The molecule has 0 spiro atoms. The summed E-state index contributed by atoms with van der Waals surface area (Å²) in [5.41, 5.74) is 1.44. The van der Waals surface area contributed by atoms with Crippen LogP contribution in [0.2, 0.25) is 0 Å². The molecule has 1 N–H and O–H groups in total. The Labute approximate surface area is 118 Å². The van der Waals surface area contributed by atoms with Crippen LogP contribution < -0.4 is 0 Å². The van der Waals surface area contributed by atoms with Crippen LogP contribution in [-0.4, -0.2) is 5.11 Å². The summed E-state index contributed by atoms with van der Waals surface area (Å²) in [4.78, 5) is 2.26. The molecule has 1 nitrogen and oxygen atoms in total. The molecular weight excluding hydrogens is 315 g/mol. The number of hydrogen-bond donors (Lipinski definition) is 1. The van der Waals surface area contributed by atoms with E-state index in [-0.39, 0.29) is 5.82 Å². The Morgan fingerprint density at radius 3 is 2.61 bits per heavy atom. The van der Waals surface area contributed by atoms with Gasteiger partial charge in [-0.25, -0.2) is 4.39 Å². The fraction of sp³-hybridized carbons (Fsp3) is 0.286. The molecule has 0 bridgehead atoms. The standard InChI is InChI=1S/C14H14BrFOS/c1-8-5-12(9(2)18-8)14(17)6-10-3-4-11(15)7-13(10)16/h3-5,7,14,17H,6H2,1-2H3. The normalized spacial score (nSPS) is 12.7. The summed E-state index contributed by atoms with van der Waals surface area (Å²) in [6.45, 7) is 3.99. The van der Waals surface area contributed by atoms with Crippen molar-refractivity contribution < 1.29 is 9.50 Å². The first-order valence-electron chi connectivity index (χ1n) is 5.66. The van der Waals surface area contributed by atoms with E-state index >= 15 is 0 Å². The average Bonchev–Trinajstić information content (AvgIpc) is 2.62. The first-order valence-corrected chi connectivity index (χ1v) is 7.27.